The summed E-state index contributed by atoms with van der Waals surface area (Å²) in [6.07, 6.45) is -0.518. The highest BCUT2D eigenvalue weighted by atomic mass is 16.6. The van der Waals surface area contributed by atoms with Crippen molar-refractivity contribution < 1.29 is 19.7 Å². The molecule has 4 heterocycles. The van der Waals surface area contributed by atoms with Crippen molar-refractivity contribution in [2.24, 2.45) is 0 Å². The average Bonchev–Trinajstić information content (AvgIpc) is 3.13. The Morgan fingerprint density at radius 3 is 2.75 bits per heavy atom. The monoisotopic (exact) mass is 336 g/mol. The van der Waals surface area contributed by atoms with Crippen LogP contribution in [0.2, 0.25) is 0 Å². The number of nitrogens with zero attached hydrogens (tertiary/aromatic N) is 5. The molecule has 130 valence electrons. The average molecular weight is 336 g/mol. The van der Waals surface area contributed by atoms with Gasteiger partial charge in [0, 0.05) is 19.6 Å². The fourth-order valence-corrected chi connectivity index (χ4v) is 3.20. The Morgan fingerprint density at radius 2 is 1.96 bits per heavy atom. The van der Waals surface area contributed by atoms with Crippen LogP contribution in [0, 0.1) is 0 Å². The van der Waals surface area contributed by atoms with Crippen molar-refractivity contribution in [1.29, 1.82) is 0 Å². The lowest BCUT2D eigenvalue weighted by atomic mass is 10.1. The van der Waals surface area contributed by atoms with Crippen LogP contribution in [-0.2, 0) is 9.47 Å². The van der Waals surface area contributed by atoms with Crippen LogP contribution < -0.4 is 5.73 Å². The second-order valence-electron chi connectivity index (χ2n) is 6.04. The van der Waals surface area contributed by atoms with Crippen molar-refractivity contribution in [2.75, 3.05) is 38.6 Å². The van der Waals surface area contributed by atoms with Crippen LogP contribution in [0.25, 0.3) is 11.2 Å². The summed E-state index contributed by atoms with van der Waals surface area (Å²) in [4.78, 5) is 14.4. The third kappa shape index (κ3) is 2.62. The number of anilines is 1. The van der Waals surface area contributed by atoms with Gasteiger partial charge < -0.3 is 25.4 Å². The van der Waals surface area contributed by atoms with Crippen molar-refractivity contribution in [3.63, 3.8) is 0 Å². The van der Waals surface area contributed by atoms with Gasteiger partial charge in [0.2, 0.25) is 0 Å². The molecule has 2 fully saturated rings. The number of rotatable bonds is 3. The van der Waals surface area contributed by atoms with Gasteiger partial charge in [0.05, 0.1) is 19.5 Å². The molecular formula is C14H20N6O4. The first-order valence-electron chi connectivity index (χ1n) is 7.90. The van der Waals surface area contributed by atoms with E-state index in [2.05, 4.69) is 19.9 Å². The van der Waals surface area contributed by atoms with Crippen LogP contribution in [0.3, 0.4) is 0 Å². The number of hydrogen-bond acceptors (Lipinski definition) is 9. The zero-order valence-corrected chi connectivity index (χ0v) is 13.0. The van der Waals surface area contributed by atoms with Gasteiger partial charge in [-0.1, -0.05) is 0 Å². The zero-order valence-electron chi connectivity index (χ0n) is 13.0. The summed E-state index contributed by atoms with van der Waals surface area (Å²) in [6.45, 7) is 3.42. The quantitative estimate of drug-likeness (QED) is 0.603. The molecule has 0 spiro atoms. The van der Waals surface area contributed by atoms with Gasteiger partial charge in [0.25, 0.3) is 0 Å². The topological polar surface area (TPSA) is 132 Å². The molecule has 0 aliphatic carbocycles. The molecule has 0 amide bonds. The van der Waals surface area contributed by atoms with Gasteiger partial charge in [0.15, 0.2) is 17.7 Å². The number of aliphatic hydroxyl groups is 2. The van der Waals surface area contributed by atoms with Crippen molar-refractivity contribution in [3.8, 4) is 0 Å². The van der Waals surface area contributed by atoms with Crippen LogP contribution >= 0.6 is 0 Å². The van der Waals surface area contributed by atoms with E-state index in [1.54, 1.807) is 4.57 Å². The molecule has 2 aliphatic rings. The molecule has 24 heavy (non-hydrogen) atoms. The summed E-state index contributed by atoms with van der Waals surface area (Å²) in [6, 6.07) is 0. The fourth-order valence-electron chi connectivity index (χ4n) is 3.20. The van der Waals surface area contributed by atoms with Crippen LogP contribution in [0.4, 0.5) is 5.82 Å². The Morgan fingerprint density at radius 1 is 1.17 bits per heavy atom. The van der Waals surface area contributed by atoms with Crippen LogP contribution in [0.1, 0.15) is 6.23 Å². The SMILES string of the molecule is Nc1ncnc2c1ncn2C1OC(CN2CCOCC2)C(O)C1O. The Bertz CT molecular complexity index is 718. The van der Waals surface area contributed by atoms with Crippen LogP contribution in [-0.4, -0.2) is 85.8 Å². The molecule has 2 aliphatic heterocycles. The maximum Gasteiger partial charge on any atom is 0.167 e. The van der Waals surface area contributed by atoms with Gasteiger partial charge in [-0.25, -0.2) is 15.0 Å². The molecule has 4 rings (SSSR count). The molecule has 0 aromatic carbocycles. The standard InChI is InChI=1S/C14H20N6O4/c15-12-9-13(17-6-16-12)20(7-18-9)14-11(22)10(21)8(24-14)5-19-1-3-23-4-2-19/h6-8,10-11,14,21-22H,1-5H2,(H2,15,16,17). The molecular weight excluding hydrogens is 316 g/mol. The predicted molar refractivity (Wildman–Crippen MR) is 82.9 cm³/mol. The third-order valence-electron chi connectivity index (χ3n) is 4.54. The first-order chi connectivity index (χ1) is 11.6. The number of morpholine rings is 1. The lowest BCUT2D eigenvalue weighted by Gasteiger charge is -2.29. The van der Waals surface area contributed by atoms with E-state index in [9.17, 15) is 10.2 Å². The predicted octanol–water partition coefficient (Wildman–Crippen LogP) is -1.64. The van der Waals surface area contributed by atoms with Crippen molar-refractivity contribution in [1.82, 2.24) is 24.4 Å². The van der Waals surface area contributed by atoms with Gasteiger partial charge in [-0.2, -0.15) is 0 Å². The summed E-state index contributed by atoms with van der Waals surface area (Å²) in [5.41, 5.74) is 6.69. The fraction of sp³-hybridized carbons (Fsp3) is 0.643. The molecule has 2 aromatic heterocycles. The lowest BCUT2D eigenvalue weighted by Crippen LogP contribution is -2.44. The summed E-state index contributed by atoms with van der Waals surface area (Å²) in [5.74, 6) is 0.261. The number of nitrogen functional groups attached to an aromatic ring is 1. The van der Waals surface area contributed by atoms with Gasteiger partial charge in [-0.3, -0.25) is 9.47 Å². The molecule has 4 N–H and O–H groups in total. The zero-order chi connectivity index (χ0) is 16.7. The van der Waals surface area contributed by atoms with Gasteiger partial charge >= 0.3 is 0 Å². The van der Waals surface area contributed by atoms with Crippen molar-refractivity contribution in [3.05, 3.63) is 12.7 Å². The summed E-state index contributed by atoms with van der Waals surface area (Å²) in [7, 11) is 0. The summed E-state index contributed by atoms with van der Waals surface area (Å²) in [5, 5.41) is 20.8. The molecule has 4 unspecified atom stereocenters. The number of aromatic nitrogens is 4. The van der Waals surface area contributed by atoms with Crippen molar-refractivity contribution >= 4 is 17.0 Å². The lowest BCUT2D eigenvalue weighted by molar-refractivity contribution is -0.0549. The van der Waals surface area contributed by atoms with Gasteiger partial charge in [-0.05, 0) is 0 Å². The second kappa shape index (κ2) is 6.22. The molecule has 10 nitrogen and oxygen atoms in total. The highest BCUT2D eigenvalue weighted by Gasteiger charge is 2.44. The maximum absolute atomic E-state index is 10.4. The molecule has 0 radical (unpaired) electrons. The van der Waals surface area contributed by atoms with Gasteiger partial charge in [-0.15, -0.1) is 0 Å². The van der Waals surface area contributed by atoms with E-state index in [0.29, 0.717) is 30.9 Å². The maximum atomic E-state index is 10.4. The van der Waals surface area contributed by atoms with E-state index in [1.807, 2.05) is 0 Å². The van der Waals surface area contributed by atoms with Gasteiger partial charge in [0.1, 0.15) is 30.2 Å². The molecule has 4 atom stereocenters. The number of hydrogen-bond donors (Lipinski definition) is 3. The first-order valence-corrected chi connectivity index (χ1v) is 7.90. The number of imidazole rings is 1. The Hall–Kier alpha value is -1.85. The summed E-state index contributed by atoms with van der Waals surface area (Å²) < 4.78 is 12.8. The van der Waals surface area contributed by atoms with E-state index < -0.39 is 24.5 Å². The number of fused-ring (bicyclic) bond motifs is 1. The van der Waals surface area contributed by atoms with E-state index in [-0.39, 0.29) is 5.82 Å². The van der Waals surface area contributed by atoms with E-state index in [4.69, 9.17) is 15.2 Å². The van der Waals surface area contributed by atoms with E-state index in [1.165, 1.54) is 12.7 Å². The normalized spacial score (nSPS) is 31.8. The number of aliphatic hydroxyl groups excluding tert-OH is 2. The highest BCUT2D eigenvalue weighted by Crippen LogP contribution is 2.32. The first kappa shape index (κ1) is 15.7. The molecule has 2 aromatic rings. The minimum atomic E-state index is -1.08. The number of nitrogens with two attached hydrogens (primary N) is 1. The smallest absolute Gasteiger partial charge is 0.167 e. The van der Waals surface area contributed by atoms with Crippen LogP contribution in [0.5, 0.6) is 0 Å². The molecule has 0 saturated carbocycles. The highest BCUT2D eigenvalue weighted by molar-refractivity contribution is 5.81. The van der Waals surface area contributed by atoms with Crippen LogP contribution in [0.15, 0.2) is 12.7 Å². The molecule has 10 heteroatoms. The van der Waals surface area contributed by atoms with E-state index >= 15 is 0 Å². The summed E-state index contributed by atoms with van der Waals surface area (Å²) >= 11 is 0. The molecule has 2 saturated heterocycles. The Kier molecular flexibility index (Phi) is 4.06. The third-order valence-corrected chi connectivity index (χ3v) is 4.54. The number of ether oxygens (including phenoxy) is 2. The molecule has 0 bridgehead atoms. The minimum Gasteiger partial charge on any atom is -0.387 e. The minimum absolute atomic E-state index is 0.261. The van der Waals surface area contributed by atoms with Crippen molar-refractivity contribution in [2.45, 2.75) is 24.5 Å². The Balaban J connectivity index is 1.56. The largest absolute Gasteiger partial charge is 0.387 e. The van der Waals surface area contributed by atoms with E-state index in [0.717, 1.165) is 13.1 Å². The Labute approximate surface area is 137 Å². The second-order valence-corrected chi connectivity index (χ2v) is 6.04.